The Bertz CT molecular complexity index is 904. The van der Waals surface area contributed by atoms with Crippen LogP contribution in [0.5, 0.6) is 0 Å². The molecule has 26 heavy (non-hydrogen) atoms. The van der Waals surface area contributed by atoms with Gasteiger partial charge in [0.25, 0.3) is 0 Å². The number of aromatic nitrogens is 3. The SMILES string of the molecule is CN1CCc2ncnc(N3CCCC(c4nc5ccccc5o4)C3)c2C1. The number of likely N-dealkylation sites (N-methyl/N-ethyl adjacent to an activating group) is 1. The van der Waals surface area contributed by atoms with Crippen LogP contribution in [0.2, 0.25) is 0 Å². The lowest BCUT2D eigenvalue weighted by atomic mass is 9.97. The van der Waals surface area contributed by atoms with Crippen molar-refractivity contribution in [3.05, 3.63) is 47.7 Å². The van der Waals surface area contributed by atoms with Crippen LogP contribution in [0, 0.1) is 0 Å². The smallest absolute Gasteiger partial charge is 0.200 e. The van der Waals surface area contributed by atoms with E-state index in [2.05, 4.69) is 26.8 Å². The fourth-order valence-electron chi connectivity index (χ4n) is 4.17. The molecular formula is C20H23N5O. The summed E-state index contributed by atoms with van der Waals surface area (Å²) in [5, 5.41) is 0. The summed E-state index contributed by atoms with van der Waals surface area (Å²) in [6, 6.07) is 8.00. The van der Waals surface area contributed by atoms with E-state index in [-0.39, 0.29) is 0 Å². The van der Waals surface area contributed by atoms with Crippen LogP contribution < -0.4 is 4.90 Å². The average molecular weight is 349 g/mol. The molecule has 2 aliphatic heterocycles. The molecule has 134 valence electrons. The number of oxazole rings is 1. The highest BCUT2D eigenvalue weighted by Crippen LogP contribution is 2.33. The van der Waals surface area contributed by atoms with Crippen molar-refractivity contribution in [1.29, 1.82) is 0 Å². The summed E-state index contributed by atoms with van der Waals surface area (Å²) in [6.07, 6.45) is 4.96. The summed E-state index contributed by atoms with van der Waals surface area (Å²) in [5.74, 6) is 2.27. The summed E-state index contributed by atoms with van der Waals surface area (Å²) >= 11 is 0. The standard InChI is InChI=1S/C20H23N5O/c1-24-10-8-16-15(12-24)19(22-13-21-16)25-9-4-5-14(11-25)20-23-17-6-2-3-7-18(17)26-20/h2-3,6-7,13-14H,4-5,8-12H2,1H3. The number of nitrogens with zero attached hydrogens (tertiary/aromatic N) is 5. The van der Waals surface area contributed by atoms with Gasteiger partial charge >= 0.3 is 0 Å². The fourth-order valence-corrected chi connectivity index (χ4v) is 4.17. The minimum Gasteiger partial charge on any atom is -0.440 e. The summed E-state index contributed by atoms with van der Waals surface area (Å²) < 4.78 is 6.04. The molecule has 1 saturated heterocycles. The Kier molecular flexibility index (Phi) is 3.85. The molecule has 3 aromatic rings. The summed E-state index contributed by atoms with van der Waals surface area (Å²) in [7, 11) is 2.16. The van der Waals surface area contributed by atoms with E-state index in [0.717, 1.165) is 68.2 Å². The molecule has 6 heteroatoms. The summed E-state index contributed by atoms with van der Waals surface area (Å²) in [6.45, 7) is 3.93. The maximum absolute atomic E-state index is 6.04. The number of fused-ring (bicyclic) bond motifs is 2. The van der Waals surface area contributed by atoms with Crippen LogP contribution in [0.15, 0.2) is 35.0 Å². The second-order valence-corrected chi connectivity index (χ2v) is 7.42. The maximum Gasteiger partial charge on any atom is 0.200 e. The molecule has 1 fully saturated rings. The van der Waals surface area contributed by atoms with Gasteiger partial charge in [-0.25, -0.2) is 15.0 Å². The molecule has 0 aliphatic carbocycles. The second kappa shape index (κ2) is 6.36. The van der Waals surface area contributed by atoms with Gasteiger partial charge in [-0.3, -0.25) is 0 Å². The fraction of sp³-hybridized carbons (Fsp3) is 0.450. The van der Waals surface area contributed by atoms with Crippen LogP contribution in [0.1, 0.15) is 35.9 Å². The van der Waals surface area contributed by atoms with Crippen molar-refractivity contribution in [1.82, 2.24) is 19.9 Å². The highest BCUT2D eigenvalue weighted by Gasteiger charge is 2.29. The minimum atomic E-state index is 0.308. The minimum absolute atomic E-state index is 0.308. The largest absolute Gasteiger partial charge is 0.440 e. The molecule has 2 aliphatic rings. The Hall–Kier alpha value is -2.47. The molecule has 1 unspecified atom stereocenters. The Morgan fingerprint density at radius 2 is 2.08 bits per heavy atom. The highest BCUT2D eigenvalue weighted by molar-refractivity contribution is 5.72. The molecule has 0 saturated carbocycles. The first-order chi connectivity index (χ1) is 12.8. The number of rotatable bonds is 2. The molecular weight excluding hydrogens is 326 g/mol. The van der Waals surface area contributed by atoms with Crippen molar-refractivity contribution in [2.45, 2.75) is 31.7 Å². The van der Waals surface area contributed by atoms with Gasteiger partial charge in [-0.2, -0.15) is 0 Å². The first kappa shape index (κ1) is 15.8. The zero-order valence-electron chi connectivity index (χ0n) is 15.1. The van der Waals surface area contributed by atoms with Crippen LogP contribution in [0.4, 0.5) is 5.82 Å². The number of hydrogen-bond donors (Lipinski definition) is 0. The van der Waals surface area contributed by atoms with E-state index in [9.17, 15) is 0 Å². The van der Waals surface area contributed by atoms with Gasteiger partial charge in [0.05, 0.1) is 11.6 Å². The Morgan fingerprint density at radius 3 is 3.00 bits per heavy atom. The van der Waals surface area contributed by atoms with E-state index in [1.54, 1.807) is 6.33 Å². The predicted molar refractivity (Wildman–Crippen MR) is 100 cm³/mol. The molecule has 0 amide bonds. The lowest BCUT2D eigenvalue weighted by molar-refractivity contribution is 0.308. The third-order valence-corrected chi connectivity index (χ3v) is 5.55. The number of anilines is 1. The third kappa shape index (κ3) is 2.74. The van der Waals surface area contributed by atoms with Crippen LogP contribution in [0.25, 0.3) is 11.1 Å². The van der Waals surface area contributed by atoms with Gasteiger partial charge in [0.1, 0.15) is 17.7 Å². The molecule has 1 atom stereocenters. The number of benzene rings is 1. The van der Waals surface area contributed by atoms with Crippen molar-refractivity contribution >= 4 is 16.9 Å². The van der Waals surface area contributed by atoms with Gasteiger partial charge in [-0.1, -0.05) is 12.1 Å². The van der Waals surface area contributed by atoms with E-state index >= 15 is 0 Å². The molecule has 0 spiro atoms. The van der Waals surface area contributed by atoms with Gasteiger partial charge < -0.3 is 14.2 Å². The van der Waals surface area contributed by atoms with E-state index < -0.39 is 0 Å². The predicted octanol–water partition coefficient (Wildman–Crippen LogP) is 2.99. The first-order valence-corrected chi connectivity index (χ1v) is 9.39. The normalized spacial score (nSPS) is 21.1. The van der Waals surface area contributed by atoms with E-state index in [1.807, 2.05) is 24.3 Å². The van der Waals surface area contributed by atoms with E-state index in [1.165, 1.54) is 11.3 Å². The van der Waals surface area contributed by atoms with Crippen LogP contribution in [-0.4, -0.2) is 46.5 Å². The second-order valence-electron chi connectivity index (χ2n) is 7.42. The van der Waals surface area contributed by atoms with Crippen molar-refractivity contribution in [2.75, 3.05) is 31.6 Å². The highest BCUT2D eigenvalue weighted by atomic mass is 16.3. The van der Waals surface area contributed by atoms with Crippen LogP contribution in [0.3, 0.4) is 0 Å². The van der Waals surface area contributed by atoms with Crippen molar-refractivity contribution < 1.29 is 4.42 Å². The van der Waals surface area contributed by atoms with Gasteiger partial charge in [-0.15, -0.1) is 0 Å². The third-order valence-electron chi connectivity index (χ3n) is 5.55. The number of piperidine rings is 1. The van der Waals surface area contributed by atoms with Crippen LogP contribution >= 0.6 is 0 Å². The van der Waals surface area contributed by atoms with Crippen molar-refractivity contribution in [3.8, 4) is 0 Å². The van der Waals surface area contributed by atoms with E-state index in [0.29, 0.717) is 5.92 Å². The summed E-state index contributed by atoms with van der Waals surface area (Å²) in [5.41, 5.74) is 4.32. The lowest BCUT2D eigenvalue weighted by Gasteiger charge is -2.35. The number of hydrogen-bond acceptors (Lipinski definition) is 6. The molecule has 1 aromatic carbocycles. The van der Waals surface area contributed by atoms with E-state index in [4.69, 9.17) is 9.40 Å². The van der Waals surface area contributed by atoms with Crippen LogP contribution in [-0.2, 0) is 13.0 Å². The Morgan fingerprint density at radius 1 is 1.15 bits per heavy atom. The monoisotopic (exact) mass is 349 g/mol. The molecule has 5 rings (SSSR count). The molecule has 6 nitrogen and oxygen atoms in total. The van der Waals surface area contributed by atoms with Gasteiger partial charge in [0.15, 0.2) is 11.5 Å². The number of para-hydroxylation sites is 2. The summed E-state index contributed by atoms with van der Waals surface area (Å²) in [4.78, 5) is 18.7. The molecule has 2 aromatic heterocycles. The van der Waals surface area contributed by atoms with Gasteiger partial charge in [0.2, 0.25) is 0 Å². The molecule has 0 bridgehead atoms. The van der Waals surface area contributed by atoms with Crippen molar-refractivity contribution in [3.63, 3.8) is 0 Å². The molecule has 0 radical (unpaired) electrons. The lowest BCUT2D eigenvalue weighted by Crippen LogP contribution is -2.37. The Labute approximate surface area is 152 Å². The van der Waals surface area contributed by atoms with Crippen molar-refractivity contribution in [2.24, 2.45) is 0 Å². The molecule has 0 N–H and O–H groups in total. The average Bonchev–Trinajstić information content (AvgIpc) is 3.12. The first-order valence-electron chi connectivity index (χ1n) is 9.39. The quantitative estimate of drug-likeness (QED) is 0.709. The van der Waals surface area contributed by atoms with Gasteiger partial charge in [0, 0.05) is 38.2 Å². The zero-order chi connectivity index (χ0) is 17.5. The Balaban J connectivity index is 1.44. The topological polar surface area (TPSA) is 58.3 Å². The van der Waals surface area contributed by atoms with Gasteiger partial charge in [-0.05, 0) is 32.0 Å². The maximum atomic E-state index is 6.04. The molecule has 4 heterocycles. The zero-order valence-corrected chi connectivity index (χ0v) is 15.1.